The summed E-state index contributed by atoms with van der Waals surface area (Å²) in [5.41, 5.74) is 4.11. The lowest BCUT2D eigenvalue weighted by atomic mass is 10.2. The van der Waals surface area contributed by atoms with Gasteiger partial charge < -0.3 is 9.26 Å². The van der Waals surface area contributed by atoms with E-state index in [0.29, 0.717) is 23.0 Å². The molecule has 0 N–H and O–H groups in total. The number of esters is 1. The van der Waals surface area contributed by atoms with Crippen LogP contribution in [-0.2, 0) is 0 Å². The molecule has 0 unspecified atom stereocenters. The minimum Gasteiger partial charge on any atom is -0.423 e. The molecule has 0 saturated carbocycles. The molecule has 0 aliphatic rings. The van der Waals surface area contributed by atoms with E-state index < -0.39 is 5.97 Å². The maximum Gasteiger partial charge on any atom is 0.343 e. The molecular formula is C21H18N4O3. The maximum atomic E-state index is 12.4. The van der Waals surface area contributed by atoms with Gasteiger partial charge in [0.05, 0.1) is 16.9 Å². The van der Waals surface area contributed by atoms with Gasteiger partial charge in [-0.15, -0.1) is 0 Å². The molecule has 0 saturated heterocycles. The third kappa shape index (κ3) is 3.55. The van der Waals surface area contributed by atoms with Gasteiger partial charge in [0.15, 0.2) is 0 Å². The highest BCUT2D eigenvalue weighted by atomic mass is 16.5. The topological polar surface area (TPSA) is 83.0 Å². The molecule has 0 bridgehead atoms. The van der Waals surface area contributed by atoms with Crippen LogP contribution in [0.4, 0.5) is 0 Å². The number of nitrogens with zero attached hydrogens (tertiary/aromatic N) is 4. The highest BCUT2D eigenvalue weighted by Gasteiger charge is 2.11. The number of benzene rings is 2. The molecule has 0 spiro atoms. The Hall–Kier alpha value is -3.74. The second-order valence-electron chi connectivity index (χ2n) is 6.44. The van der Waals surface area contributed by atoms with E-state index in [9.17, 15) is 4.79 Å². The van der Waals surface area contributed by atoms with Gasteiger partial charge in [-0.1, -0.05) is 5.16 Å². The van der Waals surface area contributed by atoms with Gasteiger partial charge in [0.2, 0.25) is 11.7 Å². The molecule has 0 aliphatic heterocycles. The second kappa shape index (κ2) is 7.11. The number of aromatic nitrogens is 4. The van der Waals surface area contributed by atoms with Crippen molar-refractivity contribution in [2.45, 2.75) is 20.8 Å². The molecular weight excluding hydrogens is 356 g/mol. The average Bonchev–Trinajstić information content (AvgIpc) is 3.27. The SMILES string of the molecule is Cc1cc(C)n(-c2ccc(C(=O)Oc3ccc(-c4noc(C)n4)cc3)cc2)n1. The van der Waals surface area contributed by atoms with Crippen molar-refractivity contribution in [3.8, 4) is 22.8 Å². The fraction of sp³-hybridized carbons (Fsp3) is 0.143. The highest BCUT2D eigenvalue weighted by molar-refractivity contribution is 5.91. The lowest BCUT2D eigenvalue weighted by Crippen LogP contribution is -2.09. The van der Waals surface area contributed by atoms with Crippen LogP contribution in [-0.4, -0.2) is 25.9 Å². The summed E-state index contributed by atoms with van der Waals surface area (Å²) in [6, 6.07) is 16.1. The maximum absolute atomic E-state index is 12.4. The van der Waals surface area contributed by atoms with Crippen molar-refractivity contribution in [1.29, 1.82) is 0 Å². The van der Waals surface area contributed by atoms with Crippen molar-refractivity contribution in [2.24, 2.45) is 0 Å². The van der Waals surface area contributed by atoms with Crippen molar-refractivity contribution < 1.29 is 14.1 Å². The molecule has 0 amide bonds. The molecule has 140 valence electrons. The van der Waals surface area contributed by atoms with Gasteiger partial charge in [-0.2, -0.15) is 10.1 Å². The Bertz CT molecular complexity index is 1130. The van der Waals surface area contributed by atoms with Crippen LogP contribution in [0.3, 0.4) is 0 Å². The number of rotatable bonds is 4. The van der Waals surface area contributed by atoms with Crippen LogP contribution in [0.1, 0.15) is 27.6 Å². The van der Waals surface area contributed by atoms with E-state index >= 15 is 0 Å². The number of aryl methyl sites for hydroxylation is 3. The number of hydrogen-bond donors (Lipinski definition) is 0. The Kier molecular flexibility index (Phi) is 4.49. The monoisotopic (exact) mass is 374 g/mol. The largest absolute Gasteiger partial charge is 0.423 e. The summed E-state index contributed by atoms with van der Waals surface area (Å²) >= 11 is 0. The van der Waals surface area contributed by atoms with Crippen LogP contribution in [0.25, 0.3) is 17.1 Å². The highest BCUT2D eigenvalue weighted by Crippen LogP contribution is 2.21. The second-order valence-corrected chi connectivity index (χ2v) is 6.44. The predicted octanol–water partition coefficient (Wildman–Crippen LogP) is 4.07. The Morgan fingerprint density at radius 1 is 1.00 bits per heavy atom. The van der Waals surface area contributed by atoms with E-state index in [1.165, 1.54) is 0 Å². The molecule has 0 aliphatic carbocycles. The summed E-state index contributed by atoms with van der Waals surface area (Å²) in [6.07, 6.45) is 0. The van der Waals surface area contributed by atoms with Crippen LogP contribution in [0, 0.1) is 20.8 Å². The molecule has 0 atom stereocenters. The third-order valence-corrected chi connectivity index (χ3v) is 4.21. The molecule has 7 heteroatoms. The number of carbonyl (C=O) groups excluding carboxylic acids is 1. The first kappa shape index (κ1) is 17.7. The number of carbonyl (C=O) groups is 1. The molecule has 2 heterocycles. The zero-order chi connectivity index (χ0) is 19.7. The van der Waals surface area contributed by atoms with Gasteiger partial charge in [0.25, 0.3) is 0 Å². The Balaban J connectivity index is 1.47. The summed E-state index contributed by atoms with van der Waals surface area (Å²) in [5, 5.41) is 8.31. The van der Waals surface area contributed by atoms with Gasteiger partial charge >= 0.3 is 5.97 Å². The summed E-state index contributed by atoms with van der Waals surface area (Å²) in [6.45, 7) is 5.66. The normalized spacial score (nSPS) is 10.8. The average molecular weight is 374 g/mol. The molecule has 4 aromatic rings. The predicted molar refractivity (Wildman–Crippen MR) is 102 cm³/mol. The summed E-state index contributed by atoms with van der Waals surface area (Å²) < 4.78 is 12.2. The van der Waals surface area contributed by atoms with Crippen molar-refractivity contribution >= 4 is 5.97 Å². The third-order valence-electron chi connectivity index (χ3n) is 4.21. The molecule has 7 nitrogen and oxygen atoms in total. The summed E-state index contributed by atoms with van der Waals surface area (Å²) in [5.74, 6) is 1.00. The lowest BCUT2D eigenvalue weighted by molar-refractivity contribution is 0.0735. The van der Waals surface area contributed by atoms with Gasteiger partial charge in [0.1, 0.15) is 5.75 Å². The minimum atomic E-state index is -0.428. The van der Waals surface area contributed by atoms with Crippen LogP contribution in [0.15, 0.2) is 59.1 Å². The molecule has 2 aromatic heterocycles. The summed E-state index contributed by atoms with van der Waals surface area (Å²) in [7, 11) is 0. The number of ether oxygens (including phenoxy) is 1. The molecule has 2 aromatic carbocycles. The van der Waals surface area contributed by atoms with Crippen LogP contribution >= 0.6 is 0 Å². The van der Waals surface area contributed by atoms with E-state index in [1.54, 1.807) is 43.3 Å². The first-order valence-corrected chi connectivity index (χ1v) is 8.76. The van der Waals surface area contributed by atoms with E-state index in [0.717, 1.165) is 22.6 Å². The van der Waals surface area contributed by atoms with Gasteiger partial charge in [-0.05, 0) is 68.4 Å². The fourth-order valence-electron chi connectivity index (χ4n) is 2.88. The van der Waals surface area contributed by atoms with E-state index in [4.69, 9.17) is 9.26 Å². The molecule has 0 fully saturated rings. The van der Waals surface area contributed by atoms with Crippen molar-refractivity contribution in [2.75, 3.05) is 0 Å². The van der Waals surface area contributed by atoms with Gasteiger partial charge in [-0.3, -0.25) is 0 Å². The standard InChI is InChI=1S/C21H18N4O3/c1-13-12-14(2)25(23-13)18-8-4-17(5-9-18)21(26)27-19-10-6-16(7-11-19)20-22-15(3)28-24-20/h4-12H,1-3H3. The summed E-state index contributed by atoms with van der Waals surface area (Å²) in [4.78, 5) is 16.6. The van der Waals surface area contributed by atoms with E-state index in [-0.39, 0.29) is 0 Å². The van der Waals surface area contributed by atoms with E-state index in [1.807, 2.05) is 36.7 Å². The quantitative estimate of drug-likeness (QED) is 0.396. The first-order valence-electron chi connectivity index (χ1n) is 8.76. The minimum absolute atomic E-state index is 0.428. The molecule has 28 heavy (non-hydrogen) atoms. The van der Waals surface area contributed by atoms with Crippen LogP contribution in [0.2, 0.25) is 0 Å². The first-order chi connectivity index (χ1) is 13.5. The van der Waals surface area contributed by atoms with Crippen molar-refractivity contribution in [3.63, 3.8) is 0 Å². The van der Waals surface area contributed by atoms with Crippen LogP contribution in [0.5, 0.6) is 5.75 Å². The van der Waals surface area contributed by atoms with Crippen LogP contribution < -0.4 is 4.74 Å². The Morgan fingerprint density at radius 3 is 2.29 bits per heavy atom. The lowest BCUT2D eigenvalue weighted by Gasteiger charge is -2.07. The molecule has 4 rings (SSSR count). The Labute approximate surface area is 161 Å². The zero-order valence-corrected chi connectivity index (χ0v) is 15.7. The smallest absolute Gasteiger partial charge is 0.343 e. The van der Waals surface area contributed by atoms with Gasteiger partial charge in [0, 0.05) is 18.2 Å². The van der Waals surface area contributed by atoms with Crippen molar-refractivity contribution in [3.05, 3.63) is 77.4 Å². The van der Waals surface area contributed by atoms with Crippen molar-refractivity contribution in [1.82, 2.24) is 19.9 Å². The van der Waals surface area contributed by atoms with Gasteiger partial charge in [-0.25, -0.2) is 9.48 Å². The fourth-order valence-corrected chi connectivity index (χ4v) is 2.88. The Morgan fingerprint density at radius 2 is 1.71 bits per heavy atom. The molecule has 0 radical (unpaired) electrons. The van der Waals surface area contributed by atoms with E-state index in [2.05, 4.69) is 15.2 Å². The number of hydrogen-bond acceptors (Lipinski definition) is 6. The zero-order valence-electron chi connectivity index (χ0n) is 15.7.